The Morgan fingerprint density at radius 2 is 1.93 bits per heavy atom. The summed E-state index contributed by atoms with van der Waals surface area (Å²) < 4.78 is 77.5. The molecule has 4 nitrogen and oxygen atoms in total. The average Bonchev–Trinajstić information content (AvgIpc) is 3.01. The van der Waals surface area contributed by atoms with Crippen LogP contribution in [0.25, 0.3) is 0 Å². The zero-order valence-corrected chi connectivity index (χ0v) is 14.4. The number of aromatic amines is 1. The van der Waals surface area contributed by atoms with Crippen LogP contribution in [0.2, 0.25) is 0 Å². The van der Waals surface area contributed by atoms with Crippen LogP contribution in [0, 0.1) is 18.6 Å². The van der Waals surface area contributed by atoms with Gasteiger partial charge in [-0.1, -0.05) is 6.07 Å². The molecule has 0 radical (unpaired) electrons. The van der Waals surface area contributed by atoms with Crippen molar-refractivity contribution in [1.82, 2.24) is 4.98 Å². The number of halogens is 5. The molecule has 1 N–H and O–H groups in total. The van der Waals surface area contributed by atoms with E-state index in [1.807, 2.05) is 0 Å². The van der Waals surface area contributed by atoms with Crippen molar-refractivity contribution < 1.29 is 31.4 Å². The Morgan fingerprint density at radius 3 is 2.52 bits per heavy atom. The predicted molar refractivity (Wildman–Crippen MR) is 85.7 cm³/mol. The quantitative estimate of drug-likeness (QED) is 0.803. The van der Waals surface area contributed by atoms with Crippen LogP contribution in [-0.4, -0.2) is 24.4 Å². The molecule has 2 aromatic rings. The lowest BCUT2D eigenvalue weighted by Gasteiger charge is -2.21. The van der Waals surface area contributed by atoms with E-state index in [1.54, 1.807) is 6.92 Å². The second-order valence-corrected chi connectivity index (χ2v) is 6.37. The lowest BCUT2D eigenvalue weighted by atomic mass is 9.88. The molecule has 1 aromatic carbocycles. The van der Waals surface area contributed by atoms with Crippen LogP contribution in [0.3, 0.4) is 0 Å². The van der Waals surface area contributed by atoms with Crippen LogP contribution in [0.15, 0.2) is 29.1 Å². The Balaban J connectivity index is 2.13. The molecule has 3 rings (SSSR count). The first-order valence-electron chi connectivity index (χ1n) is 8.06. The number of aryl methyl sites for hydroxylation is 1. The highest BCUT2D eigenvalue weighted by molar-refractivity contribution is 5.40. The molecule has 1 aromatic heterocycles. The predicted octanol–water partition coefficient (Wildman–Crippen LogP) is 4.15. The van der Waals surface area contributed by atoms with Crippen LogP contribution in [0.4, 0.5) is 22.0 Å². The molecule has 1 aliphatic heterocycles. The highest BCUT2D eigenvalue weighted by Gasteiger charge is 2.51. The maximum absolute atomic E-state index is 14.1. The average molecular weight is 389 g/mol. The van der Waals surface area contributed by atoms with Gasteiger partial charge in [-0.3, -0.25) is 4.79 Å². The first kappa shape index (κ1) is 19.3. The number of rotatable bonds is 3. The number of ether oxygens (including phenoxy) is 2. The minimum Gasteiger partial charge on any atom is -0.493 e. The maximum Gasteiger partial charge on any atom is 0.414 e. The van der Waals surface area contributed by atoms with E-state index in [2.05, 4.69) is 4.98 Å². The second kappa shape index (κ2) is 6.95. The molecule has 3 atom stereocenters. The fraction of sp³-hybridized carbons (Fsp3) is 0.389. The highest BCUT2D eigenvalue weighted by Crippen LogP contribution is 2.50. The fourth-order valence-corrected chi connectivity index (χ4v) is 3.38. The molecule has 0 spiro atoms. The van der Waals surface area contributed by atoms with Crippen molar-refractivity contribution in [2.24, 2.45) is 0 Å². The summed E-state index contributed by atoms with van der Waals surface area (Å²) >= 11 is 0. The minimum absolute atomic E-state index is 0.0375. The van der Waals surface area contributed by atoms with Crippen molar-refractivity contribution in [3.8, 4) is 5.75 Å². The summed E-state index contributed by atoms with van der Waals surface area (Å²) in [6, 6.07) is 4.41. The zero-order valence-electron chi connectivity index (χ0n) is 14.4. The molecule has 1 saturated heterocycles. The Bertz CT molecular complexity index is 909. The van der Waals surface area contributed by atoms with Crippen LogP contribution in [0.5, 0.6) is 5.75 Å². The molecular formula is C18H16F5NO3. The summed E-state index contributed by atoms with van der Waals surface area (Å²) in [7, 11) is 1.10. The maximum atomic E-state index is 14.1. The van der Waals surface area contributed by atoms with E-state index >= 15 is 0 Å². The molecule has 2 heterocycles. The molecule has 0 bridgehead atoms. The van der Waals surface area contributed by atoms with Crippen LogP contribution in [0.1, 0.15) is 35.4 Å². The molecule has 0 amide bonds. The van der Waals surface area contributed by atoms with E-state index < -0.39 is 53.5 Å². The molecule has 0 aliphatic carbocycles. The lowest BCUT2D eigenvalue weighted by Crippen LogP contribution is -2.28. The van der Waals surface area contributed by atoms with Crippen LogP contribution >= 0.6 is 0 Å². The van der Waals surface area contributed by atoms with Crippen molar-refractivity contribution in [3.63, 3.8) is 0 Å². The summed E-state index contributed by atoms with van der Waals surface area (Å²) in [6.45, 7) is 1.58. The molecule has 1 aliphatic rings. The summed E-state index contributed by atoms with van der Waals surface area (Å²) in [4.78, 5) is 14.6. The van der Waals surface area contributed by atoms with Gasteiger partial charge in [-0.15, -0.1) is 0 Å². The van der Waals surface area contributed by atoms with Crippen molar-refractivity contribution >= 4 is 0 Å². The van der Waals surface area contributed by atoms with Gasteiger partial charge in [0.05, 0.1) is 7.11 Å². The Kier molecular flexibility index (Phi) is 4.98. The van der Waals surface area contributed by atoms with Crippen LogP contribution in [-0.2, 0) is 4.74 Å². The number of hydrogen-bond acceptors (Lipinski definition) is 3. The molecule has 0 unspecified atom stereocenters. The summed E-state index contributed by atoms with van der Waals surface area (Å²) in [5, 5.41) is 0. The first-order chi connectivity index (χ1) is 12.6. The number of methoxy groups -OCH3 is 1. The van der Waals surface area contributed by atoms with E-state index in [0.717, 1.165) is 19.2 Å². The normalized spacial score (nSPS) is 22.9. The van der Waals surface area contributed by atoms with Gasteiger partial charge in [0.1, 0.15) is 6.10 Å². The third kappa shape index (κ3) is 3.69. The van der Waals surface area contributed by atoms with Gasteiger partial charge in [0.2, 0.25) is 5.82 Å². The third-order valence-corrected chi connectivity index (χ3v) is 4.50. The second-order valence-electron chi connectivity index (χ2n) is 6.37. The van der Waals surface area contributed by atoms with Gasteiger partial charge in [0, 0.05) is 35.0 Å². The summed E-state index contributed by atoms with van der Waals surface area (Å²) in [6.07, 6.45) is -8.49. The first-order valence-corrected chi connectivity index (χ1v) is 8.06. The number of nitrogens with one attached hydrogen (secondary N) is 1. The molecule has 0 saturated carbocycles. The Morgan fingerprint density at radius 1 is 1.22 bits per heavy atom. The summed E-state index contributed by atoms with van der Waals surface area (Å²) in [5.41, 5.74) is 0.197. The topological polar surface area (TPSA) is 51.3 Å². The third-order valence-electron chi connectivity index (χ3n) is 4.50. The molecule has 27 heavy (non-hydrogen) atoms. The van der Waals surface area contributed by atoms with Gasteiger partial charge in [-0.05, 0) is 19.4 Å². The largest absolute Gasteiger partial charge is 0.493 e. The molecule has 1 fully saturated rings. The Hall–Kier alpha value is -2.42. The van der Waals surface area contributed by atoms with E-state index in [9.17, 15) is 26.7 Å². The van der Waals surface area contributed by atoms with Gasteiger partial charge in [0.15, 0.2) is 23.1 Å². The highest BCUT2D eigenvalue weighted by atomic mass is 19.4. The van der Waals surface area contributed by atoms with Gasteiger partial charge in [-0.25, -0.2) is 4.39 Å². The van der Waals surface area contributed by atoms with Gasteiger partial charge in [0.25, 0.3) is 0 Å². The van der Waals surface area contributed by atoms with Crippen molar-refractivity contribution in [2.75, 3.05) is 7.11 Å². The number of alkyl halides is 3. The van der Waals surface area contributed by atoms with Gasteiger partial charge in [-0.2, -0.15) is 17.6 Å². The lowest BCUT2D eigenvalue weighted by molar-refractivity contribution is -0.215. The molecule has 9 heteroatoms. The van der Waals surface area contributed by atoms with E-state index in [4.69, 9.17) is 9.47 Å². The smallest absolute Gasteiger partial charge is 0.414 e. The van der Waals surface area contributed by atoms with Crippen molar-refractivity contribution in [2.45, 2.75) is 37.6 Å². The molecular weight excluding hydrogens is 373 g/mol. The van der Waals surface area contributed by atoms with Gasteiger partial charge < -0.3 is 14.5 Å². The van der Waals surface area contributed by atoms with Gasteiger partial charge >= 0.3 is 6.18 Å². The SMILES string of the molecule is COc1c([C@H]2C[C@@H](C(F)(F)F)O[C@@H]2c2cc(=O)cc(C)[nH]2)ccc(F)c1F. The number of hydrogen-bond donors (Lipinski definition) is 1. The summed E-state index contributed by atoms with van der Waals surface area (Å²) in [5.74, 6) is -3.95. The zero-order chi connectivity index (χ0) is 19.9. The standard InChI is InChI=1S/C18H16F5NO3/c1-8-5-9(25)6-13(24-8)16-11(7-14(27-16)18(21,22)23)10-3-4-12(19)15(20)17(10)26-2/h3-6,11,14,16H,7H2,1-2H3,(H,24,25)/t11-,14+,16+/m1/s1. The fourth-order valence-electron chi connectivity index (χ4n) is 3.38. The number of H-pyrrole nitrogens is 1. The minimum atomic E-state index is -4.65. The number of benzene rings is 1. The monoisotopic (exact) mass is 389 g/mol. The van der Waals surface area contributed by atoms with E-state index in [0.29, 0.717) is 5.69 Å². The van der Waals surface area contributed by atoms with E-state index in [-0.39, 0.29) is 11.3 Å². The Labute approximate surface area is 150 Å². The van der Waals surface area contributed by atoms with Crippen LogP contribution < -0.4 is 10.2 Å². The van der Waals surface area contributed by atoms with E-state index in [1.165, 1.54) is 12.1 Å². The number of aromatic nitrogens is 1. The van der Waals surface area contributed by atoms with Crippen molar-refractivity contribution in [3.05, 3.63) is 63.1 Å². The molecule has 146 valence electrons. The number of pyridine rings is 1. The van der Waals surface area contributed by atoms with Crippen molar-refractivity contribution in [1.29, 1.82) is 0 Å².